The zero-order chi connectivity index (χ0) is 12.3. The van der Waals surface area contributed by atoms with Crippen LogP contribution in [-0.2, 0) is 11.0 Å². The minimum absolute atomic E-state index is 0.0507. The number of carbonyl (C=O) groups is 1. The number of nitrogens with zero attached hydrogens (tertiary/aromatic N) is 1. The van der Waals surface area contributed by atoms with E-state index in [0.29, 0.717) is 6.07 Å². The summed E-state index contributed by atoms with van der Waals surface area (Å²) in [5.74, 6) is -1.55. The fraction of sp³-hybridized carbons (Fsp3) is 0.111. The van der Waals surface area contributed by atoms with Crippen molar-refractivity contribution in [3.8, 4) is 6.07 Å². The fourth-order valence-corrected chi connectivity index (χ4v) is 1.16. The maximum atomic E-state index is 13.0. The molecule has 0 bridgehead atoms. The van der Waals surface area contributed by atoms with E-state index < -0.39 is 28.8 Å². The Morgan fingerprint density at radius 1 is 1.38 bits per heavy atom. The van der Waals surface area contributed by atoms with Crippen LogP contribution in [0, 0.1) is 17.1 Å². The van der Waals surface area contributed by atoms with Crippen LogP contribution in [0.2, 0.25) is 0 Å². The topological polar surface area (TPSA) is 52.9 Å². The zero-order valence-corrected chi connectivity index (χ0v) is 7.60. The highest BCUT2D eigenvalue weighted by molar-refractivity contribution is 5.78. The number of hydrogen-bond donors (Lipinski definition) is 1. The molecule has 0 saturated heterocycles. The third kappa shape index (κ3) is 2.11. The molecule has 1 aromatic carbocycles. The van der Waals surface area contributed by atoms with Crippen LogP contribution in [0.25, 0.3) is 0 Å². The van der Waals surface area contributed by atoms with Crippen LogP contribution >= 0.6 is 0 Å². The normalized spacial score (nSPS) is 10.7. The summed E-state index contributed by atoms with van der Waals surface area (Å²) in [5, 5.41) is 10.2. The van der Waals surface area contributed by atoms with Gasteiger partial charge in [-0.3, -0.25) is 4.79 Å². The largest absolute Gasteiger partial charge is 0.421 e. The quantitative estimate of drug-likeness (QED) is 0.628. The van der Waals surface area contributed by atoms with Crippen molar-refractivity contribution in [2.75, 3.05) is 5.32 Å². The lowest BCUT2D eigenvalue weighted by molar-refractivity contribution is -0.139. The number of alkyl halides is 3. The van der Waals surface area contributed by atoms with E-state index in [1.807, 2.05) is 0 Å². The van der Waals surface area contributed by atoms with E-state index in [4.69, 9.17) is 5.26 Å². The average Bonchev–Trinajstić information content (AvgIpc) is 2.16. The monoisotopic (exact) mass is 232 g/mol. The first kappa shape index (κ1) is 12.0. The average molecular weight is 232 g/mol. The first-order valence-electron chi connectivity index (χ1n) is 3.91. The summed E-state index contributed by atoms with van der Waals surface area (Å²) >= 11 is 0. The van der Waals surface area contributed by atoms with Gasteiger partial charge in [0.15, 0.2) is 0 Å². The third-order valence-corrected chi connectivity index (χ3v) is 1.76. The summed E-state index contributed by atoms with van der Waals surface area (Å²) in [6.07, 6.45) is -5.03. The molecule has 1 amide bonds. The van der Waals surface area contributed by atoms with Gasteiger partial charge in [-0.05, 0) is 12.1 Å². The Morgan fingerprint density at radius 2 is 2.00 bits per heavy atom. The predicted molar refractivity (Wildman–Crippen MR) is 45.8 cm³/mol. The number of anilines is 1. The molecule has 0 radical (unpaired) electrons. The lowest BCUT2D eigenvalue weighted by Gasteiger charge is -2.13. The van der Waals surface area contributed by atoms with E-state index in [9.17, 15) is 22.4 Å². The van der Waals surface area contributed by atoms with Crippen LogP contribution in [-0.4, -0.2) is 6.41 Å². The second kappa shape index (κ2) is 4.18. The Bertz CT molecular complexity index is 462. The number of rotatable bonds is 2. The van der Waals surface area contributed by atoms with Gasteiger partial charge in [0, 0.05) is 0 Å². The highest BCUT2D eigenvalue weighted by Gasteiger charge is 2.38. The van der Waals surface area contributed by atoms with Crippen molar-refractivity contribution >= 4 is 12.1 Å². The lowest BCUT2D eigenvalue weighted by Crippen LogP contribution is -2.14. The molecule has 3 nitrogen and oxygen atoms in total. The van der Waals surface area contributed by atoms with Crippen LogP contribution in [0.1, 0.15) is 11.1 Å². The second-order valence-corrected chi connectivity index (χ2v) is 2.72. The molecule has 84 valence electrons. The van der Waals surface area contributed by atoms with Gasteiger partial charge in [0.25, 0.3) is 0 Å². The van der Waals surface area contributed by atoms with Gasteiger partial charge in [-0.1, -0.05) is 0 Å². The molecule has 0 atom stereocenters. The van der Waals surface area contributed by atoms with Gasteiger partial charge in [-0.2, -0.15) is 18.4 Å². The molecule has 1 rings (SSSR count). The second-order valence-electron chi connectivity index (χ2n) is 2.72. The zero-order valence-electron chi connectivity index (χ0n) is 7.60. The van der Waals surface area contributed by atoms with Gasteiger partial charge < -0.3 is 5.32 Å². The third-order valence-electron chi connectivity index (χ3n) is 1.76. The Hall–Kier alpha value is -2.10. The van der Waals surface area contributed by atoms with Crippen molar-refractivity contribution in [2.24, 2.45) is 0 Å². The van der Waals surface area contributed by atoms with Crippen LogP contribution < -0.4 is 5.32 Å². The fourth-order valence-electron chi connectivity index (χ4n) is 1.16. The summed E-state index contributed by atoms with van der Waals surface area (Å²) in [4.78, 5) is 10.1. The highest BCUT2D eigenvalue weighted by atomic mass is 19.4. The summed E-state index contributed by atoms with van der Waals surface area (Å²) < 4.78 is 50.3. The van der Waals surface area contributed by atoms with Crippen molar-refractivity contribution in [1.29, 1.82) is 5.26 Å². The van der Waals surface area contributed by atoms with Crippen molar-refractivity contribution in [3.63, 3.8) is 0 Å². The van der Waals surface area contributed by atoms with E-state index in [0.717, 1.165) is 6.07 Å². The van der Waals surface area contributed by atoms with Gasteiger partial charge in [0.2, 0.25) is 6.41 Å². The van der Waals surface area contributed by atoms with Crippen LogP contribution in [0.3, 0.4) is 0 Å². The molecule has 0 heterocycles. The first-order valence-corrected chi connectivity index (χ1v) is 3.91. The molecule has 16 heavy (non-hydrogen) atoms. The van der Waals surface area contributed by atoms with Gasteiger partial charge >= 0.3 is 6.18 Å². The number of halogens is 4. The summed E-state index contributed by atoms with van der Waals surface area (Å²) in [6.45, 7) is 0. The first-order chi connectivity index (χ1) is 7.41. The Balaban J connectivity index is 3.55. The molecule has 0 saturated carbocycles. The molecule has 0 spiro atoms. The van der Waals surface area contributed by atoms with Crippen LogP contribution in [0.15, 0.2) is 12.1 Å². The molecule has 1 N–H and O–H groups in total. The number of carbonyl (C=O) groups excluding carboxylic acids is 1. The standard InChI is InChI=1S/C9H4F4N2O/c10-6-2-1-5(3-14)8(15-4-16)7(6)9(11,12)13/h1-2,4H,(H,15,16). The number of benzene rings is 1. The smallest absolute Gasteiger partial charge is 0.327 e. The van der Waals surface area contributed by atoms with E-state index in [1.54, 1.807) is 5.32 Å². The summed E-state index contributed by atoms with van der Waals surface area (Å²) in [6, 6.07) is 2.81. The molecular formula is C9H4F4N2O. The minimum atomic E-state index is -4.98. The van der Waals surface area contributed by atoms with Crippen molar-refractivity contribution < 1.29 is 22.4 Å². The minimum Gasteiger partial charge on any atom is -0.327 e. The SMILES string of the molecule is N#Cc1ccc(F)c(C(F)(F)F)c1NC=O. The number of amides is 1. The van der Waals surface area contributed by atoms with Crippen LogP contribution in [0.4, 0.5) is 23.2 Å². The Kier molecular flexibility index (Phi) is 3.13. The summed E-state index contributed by atoms with van der Waals surface area (Å²) in [7, 11) is 0. The van der Waals surface area contributed by atoms with Crippen molar-refractivity contribution in [1.82, 2.24) is 0 Å². The number of hydrogen-bond acceptors (Lipinski definition) is 2. The van der Waals surface area contributed by atoms with E-state index >= 15 is 0 Å². The number of nitriles is 1. The molecule has 0 aliphatic rings. The van der Waals surface area contributed by atoms with Gasteiger partial charge in [0.1, 0.15) is 17.4 Å². The van der Waals surface area contributed by atoms with Gasteiger partial charge in [-0.25, -0.2) is 4.39 Å². The lowest BCUT2D eigenvalue weighted by atomic mass is 10.1. The number of nitrogens with one attached hydrogen (secondary N) is 1. The predicted octanol–water partition coefficient (Wildman–Crippen LogP) is 2.28. The van der Waals surface area contributed by atoms with Crippen molar-refractivity contribution in [2.45, 2.75) is 6.18 Å². The Morgan fingerprint density at radius 3 is 2.44 bits per heavy atom. The van der Waals surface area contributed by atoms with Gasteiger partial charge in [-0.15, -0.1) is 0 Å². The maximum absolute atomic E-state index is 13.0. The summed E-state index contributed by atoms with van der Waals surface area (Å²) in [5.41, 5.74) is -2.98. The maximum Gasteiger partial charge on any atom is 0.421 e. The molecule has 0 aliphatic heterocycles. The highest BCUT2D eigenvalue weighted by Crippen LogP contribution is 2.38. The Labute approximate surface area is 87.3 Å². The molecule has 1 aromatic rings. The molecule has 7 heteroatoms. The van der Waals surface area contributed by atoms with Crippen molar-refractivity contribution in [3.05, 3.63) is 29.1 Å². The van der Waals surface area contributed by atoms with E-state index in [1.165, 1.54) is 6.07 Å². The molecule has 0 aromatic heterocycles. The molecule has 0 aliphatic carbocycles. The molecular weight excluding hydrogens is 228 g/mol. The van der Waals surface area contributed by atoms with Crippen LogP contribution in [0.5, 0.6) is 0 Å². The van der Waals surface area contributed by atoms with E-state index in [2.05, 4.69) is 0 Å². The molecule has 0 fully saturated rings. The molecule has 0 unspecified atom stereocenters. The van der Waals surface area contributed by atoms with E-state index in [-0.39, 0.29) is 6.41 Å². The van der Waals surface area contributed by atoms with Gasteiger partial charge in [0.05, 0.1) is 11.3 Å².